The number of aliphatic carboxylic acids is 1. The maximum atomic E-state index is 11.2. The molecule has 74 valence electrons. The molecule has 0 aliphatic carbocycles. The van der Waals surface area contributed by atoms with Crippen LogP contribution in [0.25, 0.3) is 0 Å². The van der Waals surface area contributed by atoms with Crippen LogP contribution in [0.15, 0.2) is 0 Å². The Kier molecular flexibility index (Phi) is 4.26. The summed E-state index contributed by atoms with van der Waals surface area (Å²) in [6.07, 6.45) is 0. The van der Waals surface area contributed by atoms with Gasteiger partial charge in [-0.15, -0.1) is 0 Å². The number of ether oxygens (including phenoxy) is 1. The molecule has 2 unspecified atom stereocenters. The number of hydrogen-bond donors (Lipinski definition) is 1. The predicted molar refractivity (Wildman–Crippen MR) is 48.1 cm³/mol. The van der Waals surface area contributed by atoms with Crippen LogP contribution in [0.5, 0.6) is 0 Å². The molecular formula is C7H10O4Se2. The molecule has 1 fully saturated rings. The molecule has 4 nitrogen and oxygen atoms in total. The zero-order valence-electron chi connectivity index (χ0n) is 7.06. The van der Waals surface area contributed by atoms with Crippen molar-refractivity contribution < 1.29 is 19.4 Å². The van der Waals surface area contributed by atoms with Gasteiger partial charge in [0.2, 0.25) is 0 Å². The van der Waals surface area contributed by atoms with Crippen LogP contribution < -0.4 is 0 Å². The summed E-state index contributed by atoms with van der Waals surface area (Å²) in [5.74, 6) is -0.945. The van der Waals surface area contributed by atoms with E-state index in [9.17, 15) is 9.59 Å². The van der Waals surface area contributed by atoms with Crippen LogP contribution >= 0.6 is 0 Å². The fraction of sp³-hybridized carbons (Fsp3) is 0.714. The summed E-state index contributed by atoms with van der Waals surface area (Å²) in [5, 5.41) is 9.40. The van der Waals surface area contributed by atoms with Crippen molar-refractivity contribution in [2.45, 2.75) is 20.8 Å². The molecule has 0 radical (unpaired) electrons. The Morgan fingerprint density at radius 3 is 2.77 bits per heavy atom. The van der Waals surface area contributed by atoms with Gasteiger partial charge in [-0.25, -0.2) is 0 Å². The van der Waals surface area contributed by atoms with Crippen LogP contribution in [0.1, 0.15) is 6.92 Å². The third-order valence-electron chi connectivity index (χ3n) is 1.44. The van der Waals surface area contributed by atoms with Crippen LogP contribution in [0, 0.1) is 0 Å². The van der Waals surface area contributed by atoms with Crippen molar-refractivity contribution in [2.75, 3.05) is 6.61 Å². The molecule has 13 heavy (non-hydrogen) atoms. The van der Waals surface area contributed by atoms with Gasteiger partial charge in [0.15, 0.2) is 0 Å². The second-order valence-electron chi connectivity index (χ2n) is 2.38. The monoisotopic (exact) mass is 318 g/mol. The summed E-state index contributed by atoms with van der Waals surface area (Å²) in [6.45, 7) is 2.15. The number of carboxylic acid groups (broad SMARTS) is 1. The van der Waals surface area contributed by atoms with Crippen LogP contribution in [-0.2, 0) is 14.3 Å². The van der Waals surface area contributed by atoms with E-state index >= 15 is 0 Å². The van der Waals surface area contributed by atoms with Gasteiger partial charge in [-0.3, -0.25) is 0 Å². The second-order valence-corrected chi connectivity index (χ2v) is 9.03. The number of hydrogen-bond acceptors (Lipinski definition) is 3. The number of carbonyl (C=O) groups excluding carboxylic acids is 1. The van der Waals surface area contributed by atoms with E-state index in [1.54, 1.807) is 6.92 Å². The average molecular weight is 316 g/mol. The summed E-state index contributed by atoms with van der Waals surface area (Å²) in [4.78, 5) is 21.6. The van der Waals surface area contributed by atoms with Gasteiger partial charge in [0.1, 0.15) is 0 Å². The van der Waals surface area contributed by atoms with E-state index in [1.807, 2.05) is 0 Å². The van der Waals surface area contributed by atoms with Crippen molar-refractivity contribution in [1.82, 2.24) is 0 Å². The molecule has 1 N–H and O–H groups in total. The molecule has 0 amide bonds. The summed E-state index contributed by atoms with van der Waals surface area (Å²) >= 11 is 0.0351. The summed E-state index contributed by atoms with van der Waals surface area (Å²) in [7, 11) is 0. The van der Waals surface area contributed by atoms with E-state index in [-0.39, 0.29) is 44.4 Å². The number of carbonyl (C=O) groups is 2. The van der Waals surface area contributed by atoms with Gasteiger partial charge in [0.05, 0.1) is 0 Å². The van der Waals surface area contributed by atoms with Crippen molar-refractivity contribution >= 4 is 41.9 Å². The van der Waals surface area contributed by atoms with E-state index in [2.05, 4.69) is 0 Å². The molecule has 1 saturated heterocycles. The summed E-state index contributed by atoms with van der Waals surface area (Å²) in [6, 6.07) is 0. The minimum atomic E-state index is -0.756. The Morgan fingerprint density at radius 1 is 1.62 bits per heavy atom. The van der Waals surface area contributed by atoms with Gasteiger partial charge in [-0.2, -0.15) is 0 Å². The predicted octanol–water partition coefficient (Wildman–Crippen LogP) is 0.00890. The van der Waals surface area contributed by atoms with Crippen molar-refractivity contribution in [3.63, 3.8) is 0 Å². The zero-order valence-corrected chi connectivity index (χ0v) is 10.5. The number of carboxylic acids is 1. The van der Waals surface area contributed by atoms with Crippen LogP contribution in [0.4, 0.5) is 0 Å². The molecule has 0 spiro atoms. The Hall–Kier alpha value is -0.0210. The second kappa shape index (κ2) is 5.01. The number of esters is 1. The first-order chi connectivity index (χ1) is 6.15. The topological polar surface area (TPSA) is 63.6 Å². The van der Waals surface area contributed by atoms with Crippen molar-refractivity contribution in [3.05, 3.63) is 0 Å². The normalized spacial score (nSPS) is 27.2. The molecule has 0 aromatic heterocycles. The quantitative estimate of drug-likeness (QED) is 0.588. The van der Waals surface area contributed by atoms with E-state index in [0.717, 1.165) is 0 Å². The van der Waals surface area contributed by atoms with Crippen molar-refractivity contribution in [1.29, 1.82) is 0 Å². The van der Waals surface area contributed by atoms with E-state index in [1.165, 1.54) is 0 Å². The first kappa shape index (κ1) is 11.1. The third-order valence-corrected chi connectivity index (χ3v) is 9.73. The molecule has 6 heteroatoms. The molecule has 0 aromatic carbocycles. The first-order valence-corrected chi connectivity index (χ1v) is 7.99. The number of rotatable bonds is 3. The van der Waals surface area contributed by atoms with Crippen molar-refractivity contribution in [2.24, 2.45) is 0 Å². The zero-order chi connectivity index (χ0) is 9.84. The Labute approximate surface area is 88.7 Å². The van der Waals surface area contributed by atoms with Crippen molar-refractivity contribution in [3.8, 4) is 0 Å². The van der Waals surface area contributed by atoms with Crippen LogP contribution in [-0.4, -0.2) is 53.6 Å². The third kappa shape index (κ3) is 2.99. The average Bonchev–Trinajstić information content (AvgIpc) is 2.52. The molecular weight excluding hydrogens is 306 g/mol. The van der Waals surface area contributed by atoms with E-state index in [0.29, 0.717) is 11.9 Å². The molecule has 1 aliphatic heterocycles. The SMILES string of the molecule is CCOC(=O)C1[Se]CC(C(=O)O)[Se]1. The van der Waals surface area contributed by atoms with Gasteiger partial charge in [0, 0.05) is 0 Å². The molecule has 1 aliphatic rings. The Bertz CT molecular complexity index is 219. The Morgan fingerprint density at radius 2 is 2.31 bits per heavy atom. The van der Waals surface area contributed by atoms with Crippen LogP contribution in [0.2, 0.25) is 13.9 Å². The van der Waals surface area contributed by atoms with E-state index < -0.39 is 5.97 Å². The molecule has 2 atom stereocenters. The summed E-state index contributed by atoms with van der Waals surface area (Å²) in [5.41, 5.74) is 0. The van der Waals surface area contributed by atoms with Gasteiger partial charge in [-0.1, -0.05) is 0 Å². The fourth-order valence-electron chi connectivity index (χ4n) is 0.866. The Balaban J connectivity index is 2.40. The molecule has 0 bridgehead atoms. The van der Waals surface area contributed by atoms with Crippen LogP contribution in [0.3, 0.4) is 0 Å². The molecule has 1 heterocycles. The van der Waals surface area contributed by atoms with Gasteiger partial charge in [-0.05, 0) is 0 Å². The van der Waals surface area contributed by atoms with E-state index in [4.69, 9.17) is 9.84 Å². The maximum absolute atomic E-state index is 11.2. The van der Waals surface area contributed by atoms with Gasteiger partial charge >= 0.3 is 88.7 Å². The summed E-state index contributed by atoms with van der Waals surface area (Å²) < 4.78 is 4.78. The fourth-order valence-corrected chi connectivity index (χ4v) is 8.79. The van der Waals surface area contributed by atoms with Gasteiger partial charge < -0.3 is 0 Å². The van der Waals surface area contributed by atoms with Gasteiger partial charge in [0.25, 0.3) is 0 Å². The minimum absolute atomic E-state index is 0.0685. The molecule has 0 aromatic rings. The standard InChI is InChI=1S/C7H10O4Se2/c1-2-11-6(10)7-12-3-4(13-7)5(8)9/h4,7H,2-3H2,1H3,(H,8,9). The molecule has 1 rings (SSSR count). The molecule has 0 saturated carbocycles. The first-order valence-electron chi connectivity index (χ1n) is 3.81.